The minimum absolute atomic E-state index is 0.0813. The summed E-state index contributed by atoms with van der Waals surface area (Å²) in [4.78, 5) is 0. The van der Waals surface area contributed by atoms with Gasteiger partial charge in [0.2, 0.25) is 0 Å². The molecule has 2 aromatic carbocycles. The third-order valence-electron chi connectivity index (χ3n) is 6.00. The highest BCUT2D eigenvalue weighted by atomic mass is 19.2. The molecule has 1 fully saturated rings. The van der Waals surface area contributed by atoms with Crippen molar-refractivity contribution in [1.82, 2.24) is 0 Å². The molecular formula is C26H33F3O2. The number of aryl methyl sites for hydroxylation is 1. The highest BCUT2D eigenvalue weighted by Gasteiger charge is 2.27. The van der Waals surface area contributed by atoms with Gasteiger partial charge in [-0.1, -0.05) is 57.4 Å². The SMILES string of the molecule is CCCCCc1ccc(-c2ccc(C3CCC(OCCCC)OC3)c(F)c2F)cc1F. The first-order valence-corrected chi connectivity index (χ1v) is 11.5. The van der Waals surface area contributed by atoms with E-state index in [4.69, 9.17) is 9.47 Å². The highest BCUT2D eigenvalue weighted by Crippen LogP contribution is 2.35. The van der Waals surface area contributed by atoms with Crippen molar-refractivity contribution in [2.75, 3.05) is 13.2 Å². The van der Waals surface area contributed by atoms with Crippen LogP contribution in [-0.4, -0.2) is 19.5 Å². The zero-order chi connectivity index (χ0) is 22.2. The van der Waals surface area contributed by atoms with Crippen LogP contribution in [0.3, 0.4) is 0 Å². The van der Waals surface area contributed by atoms with Crippen LogP contribution in [0.1, 0.15) is 75.8 Å². The number of unbranched alkanes of at least 4 members (excludes halogenated alkanes) is 3. The van der Waals surface area contributed by atoms with Crippen molar-refractivity contribution in [3.05, 3.63) is 58.9 Å². The molecule has 3 rings (SSSR count). The average molecular weight is 435 g/mol. The maximum absolute atomic E-state index is 14.9. The summed E-state index contributed by atoms with van der Waals surface area (Å²) in [7, 11) is 0. The van der Waals surface area contributed by atoms with Crippen LogP contribution >= 0.6 is 0 Å². The molecule has 31 heavy (non-hydrogen) atoms. The van der Waals surface area contributed by atoms with Crippen LogP contribution in [0, 0.1) is 17.5 Å². The van der Waals surface area contributed by atoms with Gasteiger partial charge in [0.05, 0.1) is 6.61 Å². The summed E-state index contributed by atoms with van der Waals surface area (Å²) < 4.78 is 55.7. The zero-order valence-corrected chi connectivity index (χ0v) is 18.6. The molecule has 0 saturated carbocycles. The number of benzene rings is 2. The van der Waals surface area contributed by atoms with E-state index in [1.807, 2.05) is 0 Å². The Kier molecular flexibility index (Phi) is 8.97. The number of halogens is 3. The second-order valence-corrected chi connectivity index (χ2v) is 8.36. The molecule has 0 N–H and O–H groups in total. The van der Waals surface area contributed by atoms with Crippen molar-refractivity contribution >= 4 is 0 Å². The summed E-state index contributed by atoms with van der Waals surface area (Å²) in [6.45, 7) is 5.14. The molecule has 5 heteroatoms. The van der Waals surface area contributed by atoms with E-state index < -0.39 is 11.6 Å². The predicted molar refractivity (Wildman–Crippen MR) is 118 cm³/mol. The maximum Gasteiger partial charge on any atom is 0.166 e. The van der Waals surface area contributed by atoms with Gasteiger partial charge in [-0.25, -0.2) is 13.2 Å². The van der Waals surface area contributed by atoms with Crippen molar-refractivity contribution in [2.24, 2.45) is 0 Å². The highest BCUT2D eigenvalue weighted by molar-refractivity contribution is 5.65. The number of ether oxygens (including phenoxy) is 2. The topological polar surface area (TPSA) is 18.5 Å². The minimum atomic E-state index is -0.933. The summed E-state index contributed by atoms with van der Waals surface area (Å²) in [5.41, 5.74) is 1.36. The van der Waals surface area contributed by atoms with E-state index in [1.54, 1.807) is 24.3 Å². The van der Waals surface area contributed by atoms with Crippen molar-refractivity contribution < 1.29 is 22.6 Å². The molecule has 2 aromatic rings. The van der Waals surface area contributed by atoms with Crippen LogP contribution in [0.25, 0.3) is 11.1 Å². The van der Waals surface area contributed by atoms with Crippen molar-refractivity contribution in [2.45, 2.75) is 77.4 Å². The second-order valence-electron chi connectivity index (χ2n) is 8.36. The van der Waals surface area contributed by atoms with Crippen LogP contribution < -0.4 is 0 Å². The molecule has 0 radical (unpaired) electrons. The third kappa shape index (κ3) is 6.11. The first-order valence-electron chi connectivity index (χ1n) is 11.5. The predicted octanol–water partition coefficient (Wildman–Crippen LogP) is 7.54. The summed E-state index contributed by atoms with van der Waals surface area (Å²) in [5.74, 6) is -2.39. The number of rotatable bonds is 10. The van der Waals surface area contributed by atoms with E-state index in [0.717, 1.165) is 32.1 Å². The Morgan fingerprint density at radius 3 is 2.42 bits per heavy atom. The standard InChI is InChI=1S/C26H33F3O2/c1-3-5-7-8-18-9-10-19(16-23(18)27)21-12-13-22(26(29)25(21)28)20-11-14-24(31-17-20)30-15-6-4-2/h9-10,12-13,16,20,24H,3-8,11,14-15,17H2,1-2H3. The lowest BCUT2D eigenvalue weighted by atomic mass is 9.90. The van der Waals surface area contributed by atoms with Crippen molar-refractivity contribution in [1.29, 1.82) is 0 Å². The van der Waals surface area contributed by atoms with Gasteiger partial charge in [-0.05, 0) is 54.9 Å². The van der Waals surface area contributed by atoms with E-state index >= 15 is 0 Å². The molecule has 2 atom stereocenters. The zero-order valence-electron chi connectivity index (χ0n) is 18.6. The molecule has 0 bridgehead atoms. The number of hydrogen-bond donors (Lipinski definition) is 0. The summed E-state index contributed by atoms with van der Waals surface area (Å²) >= 11 is 0. The lowest BCUT2D eigenvalue weighted by Crippen LogP contribution is -2.28. The summed E-state index contributed by atoms with van der Waals surface area (Å²) in [6, 6.07) is 7.81. The van der Waals surface area contributed by atoms with Gasteiger partial charge in [-0.3, -0.25) is 0 Å². The first kappa shape index (κ1) is 23.8. The van der Waals surface area contributed by atoms with Gasteiger partial charge in [0, 0.05) is 18.1 Å². The summed E-state index contributed by atoms with van der Waals surface area (Å²) in [5, 5.41) is 0. The van der Waals surface area contributed by atoms with Gasteiger partial charge in [0.15, 0.2) is 17.9 Å². The van der Waals surface area contributed by atoms with Crippen molar-refractivity contribution in [3.63, 3.8) is 0 Å². The quantitative estimate of drug-likeness (QED) is 0.360. The summed E-state index contributed by atoms with van der Waals surface area (Å²) in [6.07, 6.45) is 6.76. The Labute approximate surface area is 183 Å². The van der Waals surface area contributed by atoms with Gasteiger partial charge in [-0.15, -0.1) is 0 Å². The monoisotopic (exact) mass is 434 g/mol. The van der Waals surface area contributed by atoms with E-state index in [2.05, 4.69) is 13.8 Å². The Hall–Kier alpha value is -1.85. The molecule has 2 unspecified atom stereocenters. The van der Waals surface area contributed by atoms with Crippen molar-refractivity contribution in [3.8, 4) is 11.1 Å². The van der Waals surface area contributed by atoms with Crippen LogP contribution in [0.4, 0.5) is 13.2 Å². The minimum Gasteiger partial charge on any atom is -0.353 e. The molecular weight excluding hydrogens is 401 g/mol. The largest absolute Gasteiger partial charge is 0.353 e. The molecule has 0 aromatic heterocycles. The van der Waals surface area contributed by atoms with Crippen LogP contribution in [-0.2, 0) is 15.9 Å². The van der Waals surface area contributed by atoms with Crippen LogP contribution in [0.2, 0.25) is 0 Å². The van der Waals surface area contributed by atoms with E-state index in [-0.39, 0.29) is 23.6 Å². The molecule has 0 spiro atoms. The Bertz CT molecular complexity index is 845. The molecule has 170 valence electrons. The van der Waals surface area contributed by atoms with Gasteiger partial charge in [-0.2, -0.15) is 0 Å². The molecule has 2 nitrogen and oxygen atoms in total. The number of hydrogen-bond acceptors (Lipinski definition) is 2. The lowest BCUT2D eigenvalue weighted by molar-refractivity contribution is -0.167. The van der Waals surface area contributed by atoms with Gasteiger partial charge in [0.25, 0.3) is 0 Å². The van der Waals surface area contributed by atoms with Crippen LogP contribution in [0.15, 0.2) is 30.3 Å². The smallest absolute Gasteiger partial charge is 0.166 e. The van der Waals surface area contributed by atoms with Gasteiger partial charge in [0.1, 0.15) is 5.82 Å². The molecule has 0 amide bonds. The fourth-order valence-corrected chi connectivity index (χ4v) is 4.05. The molecule has 1 aliphatic heterocycles. The Morgan fingerprint density at radius 2 is 1.74 bits per heavy atom. The molecule has 1 heterocycles. The maximum atomic E-state index is 14.9. The first-order chi connectivity index (χ1) is 15.0. The van der Waals surface area contributed by atoms with Gasteiger partial charge >= 0.3 is 0 Å². The Balaban J connectivity index is 1.69. The normalized spacial score (nSPS) is 19.0. The van der Waals surface area contributed by atoms with Crippen LogP contribution in [0.5, 0.6) is 0 Å². The fraction of sp³-hybridized carbons (Fsp3) is 0.538. The molecule has 1 aliphatic rings. The molecule has 0 aliphatic carbocycles. The lowest BCUT2D eigenvalue weighted by Gasteiger charge is -2.29. The third-order valence-corrected chi connectivity index (χ3v) is 6.00. The van der Waals surface area contributed by atoms with Gasteiger partial charge < -0.3 is 9.47 Å². The van der Waals surface area contributed by atoms with E-state index in [1.165, 1.54) is 6.07 Å². The molecule has 1 saturated heterocycles. The average Bonchev–Trinajstić information content (AvgIpc) is 2.78. The van der Waals surface area contributed by atoms with E-state index in [9.17, 15) is 13.2 Å². The fourth-order valence-electron chi connectivity index (χ4n) is 4.05. The second kappa shape index (κ2) is 11.7. The Morgan fingerprint density at radius 1 is 0.935 bits per heavy atom. The van der Waals surface area contributed by atoms with E-state index in [0.29, 0.717) is 49.2 Å².